The minimum Gasteiger partial charge on any atom is -0.0984 e. The molecule has 0 fully saturated rings. The van der Waals surface area contributed by atoms with E-state index in [1.807, 2.05) is 6.08 Å². The Balaban J connectivity index is 2.63. The molecule has 0 aromatic rings. The normalized spacial score (nSPS) is 28.4. The van der Waals surface area contributed by atoms with Gasteiger partial charge in [-0.15, -0.1) is 0 Å². The molecular formula is C19H22. The first-order chi connectivity index (χ1) is 9.15. The Hall–Kier alpha value is -1.82. The van der Waals surface area contributed by atoms with E-state index in [9.17, 15) is 0 Å². The second-order valence-electron chi connectivity index (χ2n) is 5.20. The van der Waals surface area contributed by atoms with Crippen LogP contribution >= 0.6 is 0 Å². The fourth-order valence-electron chi connectivity index (χ4n) is 2.62. The summed E-state index contributed by atoms with van der Waals surface area (Å²) in [5, 5.41) is 0. The van der Waals surface area contributed by atoms with Crippen LogP contribution in [-0.2, 0) is 0 Å². The fraction of sp³-hybridized carbons (Fsp3) is 0.263. The maximum absolute atomic E-state index is 3.99. The predicted molar refractivity (Wildman–Crippen MR) is 84.8 cm³/mol. The van der Waals surface area contributed by atoms with Crippen LogP contribution in [0.1, 0.15) is 20.8 Å². The Morgan fingerprint density at radius 1 is 1.21 bits per heavy atom. The van der Waals surface area contributed by atoms with E-state index < -0.39 is 0 Å². The predicted octanol–water partition coefficient (Wildman–Crippen LogP) is 5.31. The monoisotopic (exact) mass is 250 g/mol. The molecule has 2 bridgehead atoms. The van der Waals surface area contributed by atoms with Crippen LogP contribution in [0.5, 0.6) is 0 Å². The van der Waals surface area contributed by atoms with Crippen molar-refractivity contribution in [3.05, 3.63) is 83.6 Å². The van der Waals surface area contributed by atoms with Crippen molar-refractivity contribution in [3.8, 4) is 0 Å². The summed E-state index contributed by atoms with van der Waals surface area (Å²) in [6, 6.07) is 0. The Bertz CT molecular complexity index is 545. The van der Waals surface area contributed by atoms with E-state index in [2.05, 4.69) is 76.0 Å². The van der Waals surface area contributed by atoms with Crippen LogP contribution in [0.3, 0.4) is 0 Å². The lowest BCUT2D eigenvalue weighted by Crippen LogP contribution is -2.01. The van der Waals surface area contributed by atoms with E-state index in [1.165, 1.54) is 22.3 Å². The lowest BCUT2D eigenvalue weighted by molar-refractivity contribution is 0.894. The van der Waals surface area contributed by atoms with Crippen LogP contribution in [0.25, 0.3) is 0 Å². The second-order valence-corrected chi connectivity index (χ2v) is 5.20. The average molecular weight is 250 g/mol. The first-order valence-electron chi connectivity index (χ1n) is 6.92. The van der Waals surface area contributed by atoms with Gasteiger partial charge in [-0.25, -0.2) is 0 Å². The van der Waals surface area contributed by atoms with E-state index >= 15 is 0 Å². The van der Waals surface area contributed by atoms with Gasteiger partial charge in [-0.05, 0) is 42.1 Å². The number of hydrogen-bond donors (Lipinski definition) is 0. The first kappa shape index (κ1) is 13.6. The Kier molecular flexibility index (Phi) is 4.21. The van der Waals surface area contributed by atoms with Crippen LogP contribution < -0.4 is 0 Å². The summed E-state index contributed by atoms with van der Waals surface area (Å²) in [6.45, 7) is 10.4. The van der Waals surface area contributed by atoms with Gasteiger partial charge < -0.3 is 0 Å². The zero-order chi connectivity index (χ0) is 13.8. The third-order valence-electron chi connectivity index (χ3n) is 3.61. The SMILES string of the molecule is C=CC1=C(/C=C\C)C2C=C(C=CC(C)/C=C\2)C=C1C. The van der Waals surface area contributed by atoms with E-state index in [4.69, 9.17) is 0 Å². The molecule has 0 amide bonds. The molecule has 2 rings (SSSR count). The van der Waals surface area contributed by atoms with Crippen LogP contribution in [0.15, 0.2) is 83.6 Å². The molecule has 0 aromatic heterocycles. The standard InChI is InChI=1S/C19H22/c1-5-7-19-17-11-9-14(3)8-10-16(13-17)12-15(4)18(19)6-2/h5-14,17H,2H2,1,3-4H3/b7-5-,10-8?,11-9-. The summed E-state index contributed by atoms with van der Waals surface area (Å²) in [6.07, 6.45) is 19.9. The Morgan fingerprint density at radius 3 is 2.68 bits per heavy atom. The third-order valence-corrected chi connectivity index (χ3v) is 3.61. The molecule has 98 valence electrons. The molecule has 0 saturated carbocycles. The molecule has 0 aliphatic heterocycles. The molecule has 2 atom stereocenters. The summed E-state index contributed by atoms with van der Waals surface area (Å²) in [5.41, 5.74) is 5.16. The van der Waals surface area contributed by atoms with Crippen molar-refractivity contribution < 1.29 is 0 Å². The summed E-state index contributed by atoms with van der Waals surface area (Å²) in [7, 11) is 0. The molecular weight excluding hydrogens is 228 g/mol. The molecule has 0 aromatic carbocycles. The quantitative estimate of drug-likeness (QED) is 0.583. The largest absolute Gasteiger partial charge is 0.0984 e. The van der Waals surface area contributed by atoms with Crippen LogP contribution in [0, 0.1) is 11.8 Å². The van der Waals surface area contributed by atoms with Gasteiger partial charge in [-0.2, -0.15) is 0 Å². The number of hydrogen-bond acceptors (Lipinski definition) is 0. The average Bonchev–Trinajstić information content (AvgIpc) is 2.50. The Morgan fingerprint density at radius 2 is 2.00 bits per heavy atom. The lowest BCUT2D eigenvalue weighted by Gasteiger charge is -2.15. The maximum Gasteiger partial charge on any atom is 0.0213 e. The molecule has 19 heavy (non-hydrogen) atoms. The minimum atomic E-state index is 0.334. The van der Waals surface area contributed by atoms with Gasteiger partial charge in [0.1, 0.15) is 0 Å². The molecule has 0 heterocycles. The number of fused-ring (bicyclic) bond motifs is 1. The van der Waals surface area contributed by atoms with Gasteiger partial charge in [0, 0.05) is 5.92 Å². The van der Waals surface area contributed by atoms with Crippen molar-refractivity contribution in [2.75, 3.05) is 0 Å². The number of rotatable bonds is 2. The van der Waals surface area contributed by atoms with E-state index in [1.54, 1.807) is 0 Å². The third kappa shape index (κ3) is 2.96. The lowest BCUT2D eigenvalue weighted by atomic mass is 9.89. The van der Waals surface area contributed by atoms with Crippen molar-refractivity contribution in [3.63, 3.8) is 0 Å². The highest BCUT2D eigenvalue weighted by atomic mass is 14.2. The summed E-state index contributed by atoms with van der Waals surface area (Å²) in [5.74, 6) is 0.817. The summed E-state index contributed by atoms with van der Waals surface area (Å²) in [4.78, 5) is 0. The van der Waals surface area contributed by atoms with Crippen molar-refractivity contribution in [2.45, 2.75) is 20.8 Å². The van der Waals surface area contributed by atoms with Crippen molar-refractivity contribution >= 4 is 0 Å². The van der Waals surface area contributed by atoms with Gasteiger partial charge in [-0.1, -0.05) is 68.2 Å². The first-order valence-corrected chi connectivity index (χ1v) is 6.92. The van der Waals surface area contributed by atoms with Gasteiger partial charge in [0.05, 0.1) is 0 Å². The van der Waals surface area contributed by atoms with Gasteiger partial charge in [0.2, 0.25) is 0 Å². The zero-order valence-corrected chi connectivity index (χ0v) is 12.1. The summed E-state index contributed by atoms with van der Waals surface area (Å²) < 4.78 is 0. The van der Waals surface area contributed by atoms with E-state index in [-0.39, 0.29) is 0 Å². The van der Waals surface area contributed by atoms with Crippen molar-refractivity contribution in [1.82, 2.24) is 0 Å². The molecule has 0 heteroatoms. The van der Waals surface area contributed by atoms with Gasteiger partial charge in [-0.3, -0.25) is 0 Å². The number of allylic oxidation sites excluding steroid dienone is 13. The minimum absolute atomic E-state index is 0.334. The van der Waals surface area contributed by atoms with Gasteiger partial charge in [0.15, 0.2) is 0 Å². The highest BCUT2D eigenvalue weighted by molar-refractivity contribution is 5.55. The molecule has 2 aliphatic rings. The smallest absolute Gasteiger partial charge is 0.0213 e. The maximum atomic E-state index is 3.99. The molecule has 2 unspecified atom stereocenters. The molecule has 0 radical (unpaired) electrons. The van der Waals surface area contributed by atoms with Crippen LogP contribution in [-0.4, -0.2) is 0 Å². The van der Waals surface area contributed by atoms with Crippen molar-refractivity contribution in [1.29, 1.82) is 0 Å². The highest BCUT2D eigenvalue weighted by Crippen LogP contribution is 2.32. The van der Waals surface area contributed by atoms with Crippen LogP contribution in [0.2, 0.25) is 0 Å². The molecule has 2 aliphatic carbocycles. The van der Waals surface area contributed by atoms with Crippen molar-refractivity contribution in [2.24, 2.45) is 11.8 Å². The highest BCUT2D eigenvalue weighted by Gasteiger charge is 2.16. The fourth-order valence-corrected chi connectivity index (χ4v) is 2.62. The van der Waals surface area contributed by atoms with Crippen LogP contribution in [0.4, 0.5) is 0 Å². The topological polar surface area (TPSA) is 0 Å². The second kappa shape index (κ2) is 5.88. The van der Waals surface area contributed by atoms with E-state index in [0.717, 1.165) is 0 Å². The van der Waals surface area contributed by atoms with Gasteiger partial charge in [0.25, 0.3) is 0 Å². The summed E-state index contributed by atoms with van der Waals surface area (Å²) >= 11 is 0. The molecule has 0 N–H and O–H groups in total. The van der Waals surface area contributed by atoms with E-state index in [0.29, 0.717) is 11.8 Å². The molecule has 0 nitrogen and oxygen atoms in total. The van der Waals surface area contributed by atoms with Gasteiger partial charge >= 0.3 is 0 Å². The molecule has 0 spiro atoms. The zero-order valence-electron chi connectivity index (χ0n) is 12.1. The Labute approximate surface area is 116 Å². The molecule has 0 saturated heterocycles.